The highest BCUT2D eigenvalue weighted by molar-refractivity contribution is 5.94. The van der Waals surface area contributed by atoms with Crippen molar-refractivity contribution < 1.29 is 4.79 Å². The van der Waals surface area contributed by atoms with Crippen molar-refractivity contribution in [3.8, 4) is 0 Å². The maximum Gasteiger partial charge on any atom is 0.254 e. The van der Waals surface area contributed by atoms with Gasteiger partial charge in [0, 0.05) is 43.6 Å². The van der Waals surface area contributed by atoms with Crippen LogP contribution in [0.15, 0.2) is 42.7 Å². The zero-order valence-corrected chi connectivity index (χ0v) is 12.2. The molecule has 0 saturated carbocycles. The van der Waals surface area contributed by atoms with Crippen LogP contribution in [0.4, 0.5) is 0 Å². The third-order valence-corrected chi connectivity index (χ3v) is 3.87. The first-order chi connectivity index (χ1) is 10.2. The first kappa shape index (κ1) is 13.8. The SMILES string of the molecule is C[C@H]1CNCCN1C(=O)c1ccc(Cn2cccn2)cc1. The number of hydrogen-bond donors (Lipinski definition) is 1. The second-order valence-electron chi connectivity index (χ2n) is 5.45. The van der Waals surface area contributed by atoms with E-state index in [2.05, 4.69) is 17.3 Å². The lowest BCUT2D eigenvalue weighted by atomic mass is 10.1. The second kappa shape index (κ2) is 6.10. The average molecular weight is 284 g/mol. The highest BCUT2D eigenvalue weighted by Gasteiger charge is 2.23. The van der Waals surface area contributed by atoms with E-state index < -0.39 is 0 Å². The van der Waals surface area contributed by atoms with Crippen LogP contribution in [0.1, 0.15) is 22.8 Å². The molecule has 0 bridgehead atoms. The summed E-state index contributed by atoms with van der Waals surface area (Å²) in [6.07, 6.45) is 3.70. The lowest BCUT2D eigenvalue weighted by molar-refractivity contribution is 0.0656. The topological polar surface area (TPSA) is 50.2 Å². The predicted octanol–water partition coefficient (Wildman–Crippen LogP) is 1.37. The highest BCUT2D eigenvalue weighted by Crippen LogP contribution is 2.12. The summed E-state index contributed by atoms with van der Waals surface area (Å²) in [5.74, 6) is 0.120. The number of carbonyl (C=O) groups excluding carboxylic acids is 1. The first-order valence-electron chi connectivity index (χ1n) is 7.32. The summed E-state index contributed by atoms with van der Waals surface area (Å²) in [6.45, 7) is 5.31. The van der Waals surface area contributed by atoms with Gasteiger partial charge < -0.3 is 10.2 Å². The summed E-state index contributed by atoms with van der Waals surface area (Å²) >= 11 is 0. The van der Waals surface area contributed by atoms with Crippen molar-refractivity contribution in [1.29, 1.82) is 0 Å². The molecule has 1 saturated heterocycles. The molecule has 0 spiro atoms. The Morgan fingerprint density at radius 3 is 2.86 bits per heavy atom. The molecule has 0 radical (unpaired) electrons. The standard InChI is InChI=1S/C16H20N4O/c1-13-11-17-8-10-20(13)16(21)15-5-3-14(4-6-15)12-19-9-2-7-18-19/h2-7,9,13,17H,8,10-12H2,1H3/t13-/m0/s1. The first-order valence-corrected chi connectivity index (χ1v) is 7.32. The van der Waals surface area contributed by atoms with Gasteiger partial charge in [-0.3, -0.25) is 9.48 Å². The summed E-state index contributed by atoms with van der Waals surface area (Å²) in [4.78, 5) is 14.5. The van der Waals surface area contributed by atoms with Gasteiger partial charge in [-0.05, 0) is 30.7 Å². The Hall–Kier alpha value is -2.14. The van der Waals surface area contributed by atoms with Crippen molar-refractivity contribution in [2.75, 3.05) is 19.6 Å². The van der Waals surface area contributed by atoms with Crippen molar-refractivity contribution in [2.45, 2.75) is 19.5 Å². The van der Waals surface area contributed by atoms with Gasteiger partial charge in [-0.15, -0.1) is 0 Å². The van der Waals surface area contributed by atoms with Crippen LogP contribution in [0, 0.1) is 0 Å². The number of rotatable bonds is 3. The molecule has 1 amide bonds. The molecule has 110 valence electrons. The smallest absolute Gasteiger partial charge is 0.254 e. The molecule has 1 aliphatic rings. The Morgan fingerprint density at radius 2 is 2.19 bits per heavy atom. The fourth-order valence-corrected chi connectivity index (χ4v) is 2.64. The molecule has 1 aromatic heterocycles. The number of nitrogens with zero attached hydrogens (tertiary/aromatic N) is 3. The second-order valence-corrected chi connectivity index (χ2v) is 5.45. The minimum absolute atomic E-state index is 0.120. The summed E-state index contributed by atoms with van der Waals surface area (Å²) in [5.41, 5.74) is 1.90. The number of aromatic nitrogens is 2. The van der Waals surface area contributed by atoms with Crippen LogP contribution in [0.2, 0.25) is 0 Å². The van der Waals surface area contributed by atoms with Gasteiger partial charge in [-0.25, -0.2) is 0 Å². The van der Waals surface area contributed by atoms with Crippen LogP contribution >= 0.6 is 0 Å². The fourth-order valence-electron chi connectivity index (χ4n) is 2.64. The molecule has 5 heteroatoms. The molecule has 2 heterocycles. The minimum atomic E-state index is 0.120. The van der Waals surface area contributed by atoms with E-state index in [1.165, 1.54) is 0 Å². The van der Waals surface area contributed by atoms with Crippen LogP contribution < -0.4 is 5.32 Å². The Labute approximate surface area is 124 Å². The molecular formula is C16H20N4O. The fraction of sp³-hybridized carbons (Fsp3) is 0.375. The third kappa shape index (κ3) is 3.13. The molecule has 1 atom stereocenters. The van der Waals surface area contributed by atoms with Gasteiger partial charge in [0.15, 0.2) is 0 Å². The summed E-state index contributed by atoms with van der Waals surface area (Å²) in [5, 5.41) is 7.49. The molecular weight excluding hydrogens is 264 g/mol. The number of nitrogens with one attached hydrogen (secondary N) is 1. The third-order valence-electron chi connectivity index (χ3n) is 3.87. The largest absolute Gasteiger partial charge is 0.333 e. The van der Waals surface area contributed by atoms with Gasteiger partial charge in [0.05, 0.1) is 6.54 Å². The Balaban J connectivity index is 1.70. The van der Waals surface area contributed by atoms with Crippen LogP contribution in [-0.4, -0.2) is 46.3 Å². The van der Waals surface area contributed by atoms with Gasteiger partial charge in [0.25, 0.3) is 5.91 Å². The molecule has 0 unspecified atom stereocenters. The maximum atomic E-state index is 12.5. The zero-order valence-electron chi connectivity index (χ0n) is 12.2. The van der Waals surface area contributed by atoms with Crippen LogP contribution in [0.5, 0.6) is 0 Å². The molecule has 1 aliphatic heterocycles. The zero-order chi connectivity index (χ0) is 14.7. The number of benzene rings is 1. The minimum Gasteiger partial charge on any atom is -0.333 e. The predicted molar refractivity (Wildman–Crippen MR) is 81.1 cm³/mol. The number of piperazine rings is 1. The Bertz CT molecular complexity index is 591. The lowest BCUT2D eigenvalue weighted by Crippen LogP contribution is -2.52. The van der Waals surface area contributed by atoms with E-state index in [1.54, 1.807) is 6.20 Å². The van der Waals surface area contributed by atoms with E-state index in [0.29, 0.717) is 0 Å². The quantitative estimate of drug-likeness (QED) is 0.926. The molecule has 1 aromatic carbocycles. The molecule has 1 fully saturated rings. The Kier molecular flexibility index (Phi) is 4.01. The molecule has 1 N–H and O–H groups in total. The van der Waals surface area contributed by atoms with Crippen molar-refractivity contribution in [2.24, 2.45) is 0 Å². The van der Waals surface area contributed by atoms with Crippen LogP contribution in [0.25, 0.3) is 0 Å². The van der Waals surface area contributed by atoms with E-state index in [0.717, 1.165) is 37.3 Å². The van der Waals surface area contributed by atoms with E-state index in [1.807, 2.05) is 46.1 Å². The molecule has 3 rings (SSSR count). The van der Waals surface area contributed by atoms with Crippen LogP contribution in [-0.2, 0) is 6.54 Å². The van der Waals surface area contributed by atoms with Gasteiger partial charge in [-0.2, -0.15) is 5.10 Å². The summed E-state index contributed by atoms with van der Waals surface area (Å²) in [6, 6.07) is 9.98. The maximum absolute atomic E-state index is 12.5. The van der Waals surface area contributed by atoms with Crippen molar-refractivity contribution >= 4 is 5.91 Å². The van der Waals surface area contributed by atoms with E-state index in [-0.39, 0.29) is 11.9 Å². The van der Waals surface area contributed by atoms with E-state index in [9.17, 15) is 4.79 Å². The summed E-state index contributed by atoms with van der Waals surface area (Å²) in [7, 11) is 0. The molecule has 2 aromatic rings. The number of carbonyl (C=O) groups is 1. The molecule has 0 aliphatic carbocycles. The van der Waals surface area contributed by atoms with Crippen LogP contribution in [0.3, 0.4) is 0 Å². The van der Waals surface area contributed by atoms with Crippen molar-refractivity contribution in [3.05, 3.63) is 53.9 Å². The van der Waals surface area contributed by atoms with E-state index in [4.69, 9.17) is 0 Å². The lowest BCUT2D eigenvalue weighted by Gasteiger charge is -2.34. The monoisotopic (exact) mass is 284 g/mol. The normalized spacial score (nSPS) is 18.7. The van der Waals surface area contributed by atoms with Gasteiger partial charge in [0.2, 0.25) is 0 Å². The Morgan fingerprint density at radius 1 is 1.38 bits per heavy atom. The molecule has 5 nitrogen and oxygen atoms in total. The van der Waals surface area contributed by atoms with Crippen molar-refractivity contribution in [1.82, 2.24) is 20.0 Å². The molecule has 21 heavy (non-hydrogen) atoms. The van der Waals surface area contributed by atoms with E-state index >= 15 is 0 Å². The van der Waals surface area contributed by atoms with Crippen molar-refractivity contribution in [3.63, 3.8) is 0 Å². The average Bonchev–Trinajstić information content (AvgIpc) is 3.01. The number of hydrogen-bond acceptors (Lipinski definition) is 3. The van der Waals surface area contributed by atoms with Gasteiger partial charge in [0.1, 0.15) is 0 Å². The highest BCUT2D eigenvalue weighted by atomic mass is 16.2. The summed E-state index contributed by atoms with van der Waals surface area (Å²) < 4.78 is 1.87. The van der Waals surface area contributed by atoms with Gasteiger partial charge in [-0.1, -0.05) is 12.1 Å². The number of amides is 1. The van der Waals surface area contributed by atoms with Gasteiger partial charge >= 0.3 is 0 Å².